The van der Waals surface area contributed by atoms with E-state index in [0.29, 0.717) is 6.04 Å². The van der Waals surface area contributed by atoms with E-state index in [9.17, 15) is 0 Å². The molecule has 1 aromatic rings. The van der Waals surface area contributed by atoms with Crippen molar-refractivity contribution < 1.29 is 0 Å². The van der Waals surface area contributed by atoms with Crippen molar-refractivity contribution in [3.63, 3.8) is 0 Å². The molecule has 4 heteroatoms. The summed E-state index contributed by atoms with van der Waals surface area (Å²) in [6.45, 7) is 3.50. The number of nitrogens with zero attached hydrogens (tertiary/aromatic N) is 3. The van der Waals surface area contributed by atoms with Crippen molar-refractivity contribution in [2.45, 2.75) is 31.7 Å². The molecule has 21 heavy (non-hydrogen) atoms. The number of fused-ring (bicyclic) bond motifs is 2. The van der Waals surface area contributed by atoms with Crippen LogP contribution in [-0.2, 0) is 7.05 Å². The van der Waals surface area contributed by atoms with Crippen LogP contribution in [0.4, 0.5) is 5.69 Å². The van der Waals surface area contributed by atoms with Gasteiger partial charge in [0, 0.05) is 32.4 Å². The maximum Gasteiger partial charge on any atom is 0.0752 e. The third-order valence-corrected chi connectivity index (χ3v) is 5.56. The van der Waals surface area contributed by atoms with E-state index in [2.05, 4.69) is 33.7 Å². The van der Waals surface area contributed by atoms with Gasteiger partial charge in [-0.2, -0.15) is 5.10 Å². The van der Waals surface area contributed by atoms with Crippen molar-refractivity contribution in [2.75, 3.05) is 24.5 Å². The SMILES string of the molecule is Cn1cc(N2CCCC(NCC3CC4C=CC3C4)C2)cn1. The van der Waals surface area contributed by atoms with Crippen LogP contribution in [0.5, 0.6) is 0 Å². The Morgan fingerprint density at radius 2 is 2.29 bits per heavy atom. The molecule has 2 heterocycles. The smallest absolute Gasteiger partial charge is 0.0752 e. The first-order valence-electron chi connectivity index (χ1n) is 8.43. The van der Waals surface area contributed by atoms with Crippen LogP contribution in [0.15, 0.2) is 24.5 Å². The maximum atomic E-state index is 4.30. The van der Waals surface area contributed by atoms with Crippen molar-refractivity contribution in [1.29, 1.82) is 0 Å². The summed E-state index contributed by atoms with van der Waals surface area (Å²) >= 11 is 0. The zero-order valence-electron chi connectivity index (χ0n) is 12.9. The highest BCUT2D eigenvalue weighted by Gasteiger charge is 2.35. The molecular formula is C17H26N4. The molecule has 4 rings (SSSR count). The Balaban J connectivity index is 1.30. The second kappa shape index (κ2) is 5.48. The molecule has 1 saturated carbocycles. The Morgan fingerprint density at radius 3 is 3.00 bits per heavy atom. The van der Waals surface area contributed by atoms with E-state index in [4.69, 9.17) is 0 Å². The molecule has 1 aromatic heterocycles. The Hall–Kier alpha value is -1.29. The summed E-state index contributed by atoms with van der Waals surface area (Å²) in [6, 6.07) is 0.641. The monoisotopic (exact) mass is 286 g/mol. The minimum atomic E-state index is 0.641. The first-order valence-corrected chi connectivity index (χ1v) is 8.43. The van der Waals surface area contributed by atoms with Gasteiger partial charge >= 0.3 is 0 Å². The van der Waals surface area contributed by atoms with Gasteiger partial charge in [-0.3, -0.25) is 4.68 Å². The van der Waals surface area contributed by atoms with E-state index in [1.165, 1.54) is 44.5 Å². The molecule has 0 amide bonds. The van der Waals surface area contributed by atoms with Crippen LogP contribution in [0.25, 0.3) is 0 Å². The lowest BCUT2D eigenvalue weighted by Crippen LogP contribution is -2.47. The molecule has 0 radical (unpaired) electrons. The molecular weight excluding hydrogens is 260 g/mol. The van der Waals surface area contributed by atoms with E-state index in [-0.39, 0.29) is 0 Å². The average molecular weight is 286 g/mol. The van der Waals surface area contributed by atoms with Crippen LogP contribution in [-0.4, -0.2) is 35.5 Å². The quantitative estimate of drug-likeness (QED) is 0.861. The number of piperidine rings is 1. The molecule has 3 aliphatic rings. The number of allylic oxidation sites excluding steroid dienone is 2. The first-order chi connectivity index (χ1) is 10.3. The molecule has 0 aromatic carbocycles. The second-order valence-corrected chi connectivity index (χ2v) is 7.11. The molecule has 1 saturated heterocycles. The van der Waals surface area contributed by atoms with Crippen LogP contribution in [0.3, 0.4) is 0 Å². The summed E-state index contributed by atoms with van der Waals surface area (Å²) in [6.07, 6.45) is 14.4. The van der Waals surface area contributed by atoms with Gasteiger partial charge in [-0.25, -0.2) is 0 Å². The molecule has 2 aliphatic carbocycles. The van der Waals surface area contributed by atoms with Crippen LogP contribution in [0.1, 0.15) is 25.7 Å². The van der Waals surface area contributed by atoms with Gasteiger partial charge in [-0.1, -0.05) is 12.2 Å². The average Bonchev–Trinajstić information content (AvgIpc) is 3.21. The third kappa shape index (κ3) is 2.73. The van der Waals surface area contributed by atoms with Gasteiger partial charge in [-0.15, -0.1) is 0 Å². The summed E-state index contributed by atoms with van der Waals surface area (Å²) in [5, 5.41) is 8.15. The Labute approximate surface area is 127 Å². The standard InChI is InChI=1S/C17H26N4/c1-20-12-17(10-19-20)21-6-2-3-16(11-21)18-9-15-8-13-4-5-14(15)7-13/h4-5,10,12-16,18H,2-3,6-9,11H2,1H3. The number of aryl methyl sites for hydroxylation is 1. The third-order valence-electron chi connectivity index (χ3n) is 5.56. The van der Waals surface area contributed by atoms with Gasteiger partial charge in [0.05, 0.1) is 11.9 Å². The Kier molecular flexibility index (Phi) is 3.49. The number of rotatable bonds is 4. The van der Waals surface area contributed by atoms with Crippen LogP contribution >= 0.6 is 0 Å². The van der Waals surface area contributed by atoms with Crippen molar-refractivity contribution in [3.8, 4) is 0 Å². The van der Waals surface area contributed by atoms with E-state index >= 15 is 0 Å². The lowest BCUT2D eigenvalue weighted by atomic mass is 9.93. The van der Waals surface area contributed by atoms with Crippen molar-refractivity contribution in [2.24, 2.45) is 24.8 Å². The summed E-state index contributed by atoms with van der Waals surface area (Å²) < 4.78 is 1.90. The van der Waals surface area contributed by atoms with Crippen LogP contribution in [0, 0.1) is 17.8 Å². The minimum Gasteiger partial charge on any atom is -0.367 e. The molecule has 1 N–H and O–H groups in total. The van der Waals surface area contributed by atoms with Gasteiger partial charge in [0.25, 0.3) is 0 Å². The summed E-state index contributed by atoms with van der Waals surface area (Å²) in [5.74, 6) is 2.63. The molecule has 114 valence electrons. The summed E-state index contributed by atoms with van der Waals surface area (Å²) in [4.78, 5) is 2.48. The van der Waals surface area contributed by atoms with Crippen molar-refractivity contribution in [1.82, 2.24) is 15.1 Å². The van der Waals surface area contributed by atoms with E-state index < -0.39 is 0 Å². The minimum absolute atomic E-state index is 0.641. The summed E-state index contributed by atoms with van der Waals surface area (Å²) in [7, 11) is 1.99. The maximum absolute atomic E-state index is 4.30. The zero-order chi connectivity index (χ0) is 14.2. The highest BCUT2D eigenvalue weighted by Crippen LogP contribution is 2.43. The molecule has 0 spiro atoms. The number of nitrogens with one attached hydrogen (secondary N) is 1. The highest BCUT2D eigenvalue weighted by molar-refractivity contribution is 5.42. The molecule has 4 nitrogen and oxygen atoms in total. The fourth-order valence-electron chi connectivity index (χ4n) is 4.40. The van der Waals surface area contributed by atoms with Gasteiger partial charge in [0.15, 0.2) is 0 Å². The fraction of sp³-hybridized carbons (Fsp3) is 0.706. The Bertz CT molecular complexity index is 521. The van der Waals surface area contributed by atoms with E-state index in [1.807, 2.05) is 17.9 Å². The molecule has 4 unspecified atom stereocenters. The highest BCUT2D eigenvalue weighted by atomic mass is 15.3. The molecule has 2 bridgehead atoms. The summed E-state index contributed by atoms with van der Waals surface area (Å²) in [5.41, 5.74) is 1.27. The number of aromatic nitrogens is 2. The number of hydrogen-bond donors (Lipinski definition) is 1. The number of hydrogen-bond acceptors (Lipinski definition) is 3. The lowest BCUT2D eigenvalue weighted by Gasteiger charge is -2.35. The number of anilines is 1. The van der Waals surface area contributed by atoms with Gasteiger partial charge in [0.2, 0.25) is 0 Å². The Morgan fingerprint density at radius 1 is 1.33 bits per heavy atom. The molecule has 4 atom stereocenters. The second-order valence-electron chi connectivity index (χ2n) is 7.11. The predicted molar refractivity (Wildman–Crippen MR) is 85.3 cm³/mol. The fourth-order valence-corrected chi connectivity index (χ4v) is 4.40. The predicted octanol–water partition coefficient (Wildman–Crippen LogP) is 2.19. The van der Waals surface area contributed by atoms with Crippen LogP contribution in [0.2, 0.25) is 0 Å². The normalized spacial score (nSPS) is 34.8. The molecule has 1 aliphatic heterocycles. The van der Waals surface area contributed by atoms with Crippen LogP contribution < -0.4 is 10.2 Å². The topological polar surface area (TPSA) is 33.1 Å². The molecule has 2 fully saturated rings. The van der Waals surface area contributed by atoms with E-state index in [0.717, 1.165) is 24.3 Å². The lowest BCUT2D eigenvalue weighted by molar-refractivity contribution is 0.354. The van der Waals surface area contributed by atoms with Gasteiger partial charge in [0.1, 0.15) is 0 Å². The first kappa shape index (κ1) is 13.4. The van der Waals surface area contributed by atoms with E-state index in [1.54, 1.807) is 0 Å². The van der Waals surface area contributed by atoms with Crippen molar-refractivity contribution in [3.05, 3.63) is 24.5 Å². The largest absolute Gasteiger partial charge is 0.367 e. The van der Waals surface area contributed by atoms with Crippen molar-refractivity contribution >= 4 is 5.69 Å². The zero-order valence-corrected chi connectivity index (χ0v) is 12.9. The van der Waals surface area contributed by atoms with Gasteiger partial charge < -0.3 is 10.2 Å². The van der Waals surface area contributed by atoms with Gasteiger partial charge in [-0.05, 0) is 50.0 Å².